The lowest BCUT2D eigenvalue weighted by Crippen LogP contribution is -2.55. The van der Waals surface area contributed by atoms with E-state index in [9.17, 15) is 4.79 Å². The molecule has 3 fully saturated rings. The van der Waals surface area contributed by atoms with Crippen LogP contribution in [0, 0.1) is 5.92 Å². The molecule has 21 heavy (non-hydrogen) atoms. The Labute approximate surface area is 129 Å². The molecule has 1 aliphatic carbocycles. The Morgan fingerprint density at radius 2 is 1.90 bits per heavy atom. The number of ketones is 1. The van der Waals surface area contributed by atoms with Crippen LogP contribution in [0.3, 0.4) is 0 Å². The second kappa shape index (κ2) is 6.00. The monoisotopic (exact) mass is 293 g/mol. The van der Waals surface area contributed by atoms with E-state index in [1.165, 1.54) is 38.5 Å². The van der Waals surface area contributed by atoms with Gasteiger partial charge in [-0.25, -0.2) is 0 Å². The molecule has 3 nitrogen and oxygen atoms in total. The Morgan fingerprint density at radius 3 is 2.52 bits per heavy atom. The molecule has 2 atom stereocenters. The van der Waals surface area contributed by atoms with Crippen LogP contribution in [0.15, 0.2) is 0 Å². The number of likely N-dealkylation sites (tertiary alicyclic amines) is 1. The van der Waals surface area contributed by atoms with Crippen LogP contribution in [0.2, 0.25) is 0 Å². The van der Waals surface area contributed by atoms with Crippen molar-refractivity contribution in [1.29, 1.82) is 0 Å². The molecule has 3 aliphatic rings. The van der Waals surface area contributed by atoms with Crippen LogP contribution in [0.4, 0.5) is 0 Å². The quantitative estimate of drug-likeness (QED) is 0.794. The molecule has 0 amide bonds. The van der Waals surface area contributed by atoms with Crippen molar-refractivity contribution in [2.45, 2.75) is 82.8 Å². The van der Waals surface area contributed by atoms with Gasteiger partial charge in [-0.05, 0) is 65.0 Å². The highest BCUT2D eigenvalue weighted by atomic mass is 16.5. The summed E-state index contributed by atoms with van der Waals surface area (Å²) < 4.78 is 6.11. The number of carbonyl (C=O) groups is 1. The molecule has 0 aromatic heterocycles. The van der Waals surface area contributed by atoms with Gasteiger partial charge in [-0.2, -0.15) is 0 Å². The highest BCUT2D eigenvalue weighted by Gasteiger charge is 2.47. The van der Waals surface area contributed by atoms with Crippen molar-refractivity contribution in [1.82, 2.24) is 4.90 Å². The second-order valence-corrected chi connectivity index (χ2v) is 7.61. The normalized spacial score (nSPS) is 32.4. The molecule has 0 aromatic rings. The van der Waals surface area contributed by atoms with Gasteiger partial charge in [0.15, 0.2) is 5.78 Å². The fraction of sp³-hybridized carbons (Fsp3) is 0.944. The second-order valence-electron chi connectivity index (χ2n) is 7.61. The van der Waals surface area contributed by atoms with Gasteiger partial charge in [0, 0.05) is 12.5 Å². The van der Waals surface area contributed by atoms with Crippen molar-refractivity contribution in [2.24, 2.45) is 5.92 Å². The van der Waals surface area contributed by atoms with Crippen molar-refractivity contribution in [2.75, 3.05) is 19.7 Å². The van der Waals surface area contributed by atoms with Crippen LogP contribution in [0.1, 0.15) is 71.6 Å². The van der Waals surface area contributed by atoms with Crippen molar-refractivity contribution in [3.63, 3.8) is 0 Å². The zero-order valence-corrected chi connectivity index (χ0v) is 13.8. The molecule has 2 heterocycles. The number of nitrogens with zero attached hydrogens (tertiary/aromatic N) is 1. The molecular formula is C18H31NO2. The molecule has 3 heteroatoms. The van der Waals surface area contributed by atoms with Crippen LogP contribution in [-0.2, 0) is 9.53 Å². The first kappa shape index (κ1) is 15.5. The molecule has 1 saturated carbocycles. The van der Waals surface area contributed by atoms with E-state index in [-0.39, 0.29) is 17.1 Å². The molecule has 120 valence electrons. The van der Waals surface area contributed by atoms with Crippen LogP contribution in [0.5, 0.6) is 0 Å². The van der Waals surface area contributed by atoms with E-state index in [0.717, 1.165) is 39.0 Å². The summed E-state index contributed by atoms with van der Waals surface area (Å²) in [6.45, 7) is 7.36. The number of carbonyl (C=O) groups excluding carboxylic acids is 1. The first-order valence-electron chi connectivity index (χ1n) is 9.03. The van der Waals surface area contributed by atoms with Crippen molar-refractivity contribution >= 4 is 5.78 Å². The van der Waals surface area contributed by atoms with E-state index >= 15 is 0 Å². The molecule has 2 unspecified atom stereocenters. The van der Waals surface area contributed by atoms with Crippen LogP contribution in [0.25, 0.3) is 0 Å². The lowest BCUT2D eigenvalue weighted by Gasteiger charge is -2.43. The Balaban J connectivity index is 1.73. The third-order valence-electron chi connectivity index (χ3n) is 6.40. The van der Waals surface area contributed by atoms with Crippen molar-refractivity contribution in [3.05, 3.63) is 0 Å². The van der Waals surface area contributed by atoms with E-state index in [1.807, 2.05) is 0 Å². The molecule has 0 bridgehead atoms. The molecule has 1 spiro atoms. The first-order valence-corrected chi connectivity index (χ1v) is 9.03. The SMILES string of the molecule is CCC(C)(C(=O)C1CCOC2(CCCC2)C1)N1CCCC1. The van der Waals surface area contributed by atoms with Gasteiger partial charge in [-0.3, -0.25) is 9.69 Å². The van der Waals surface area contributed by atoms with E-state index in [0.29, 0.717) is 5.78 Å². The maximum Gasteiger partial charge on any atom is 0.156 e. The molecule has 0 radical (unpaired) electrons. The number of Topliss-reactive ketones (excluding diaryl/α,β-unsaturated/α-hetero) is 1. The number of hydrogen-bond acceptors (Lipinski definition) is 3. The molecule has 3 rings (SSSR count). The third kappa shape index (κ3) is 2.79. The average molecular weight is 293 g/mol. The van der Waals surface area contributed by atoms with Crippen molar-refractivity contribution in [3.8, 4) is 0 Å². The summed E-state index contributed by atoms with van der Waals surface area (Å²) in [5.41, 5.74) is -0.184. The van der Waals surface area contributed by atoms with Crippen LogP contribution in [-0.4, -0.2) is 41.5 Å². The van der Waals surface area contributed by atoms with E-state index < -0.39 is 0 Å². The lowest BCUT2D eigenvalue weighted by molar-refractivity contribution is -0.146. The van der Waals surface area contributed by atoms with Gasteiger partial charge in [0.25, 0.3) is 0 Å². The summed E-state index contributed by atoms with van der Waals surface area (Å²) in [7, 11) is 0. The largest absolute Gasteiger partial charge is 0.375 e. The Bertz CT molecular complexity index is 383. The van der Waals surface area contributed by atoms with Gasteiger partial charge in [0.1, 0.15) is 0 Å². The first-order chi connectivity index (χ1) is 10.1. The lowest BCUT2D eigenvalue weighted by atomic mass is 9.75. The minimum atomic E-state index is -0.238. The van der Waals surface area contributed by atoms with Gasteiger partial charge in [-0.15, -0.1) is 0 Å². The summed E-state index contributed by atoms with van der Waals surface area (Å²) in [5, 5.41) is 0. The number of ether oxygens (including phenoxy) is 1. The number of hydrogen-bond donors (Lipinski definition) is 0. The summed E-state index contributed by atoms with van der Waals surface area (Å²) in [6.07, 6.45) is 10.2. The average Bonchev–Trinajstić information content (AvgIpc) is 3.18. The summed E-state index contributed by atoms with van der Waals surface area (Å²) >= 11 is 0. The zero-order chi connectivity index (χ0) is 14.9. The maximum absolute atomic E-state index is 13.3. The van der Waals surface area contributed by atoms with Gasteiger partial charge in [0.2, 0.25) is 0 Å². The van der Waals surface area contributed by atoms with Gasteiger partial charge < -0.3 is 4.74 Å². The number of rotatable bonds is 4. The van der Waals surface area contributed by atoms with Gasteiger partial charge >= 0.3 is 0 Å². The topological polar surface area (TPSA) is 29.5 Å². The summed E-state index contributed by atoms with van der Waals surface area (Å²) in [4.78, 5) is 15.7. The van der Waals surface area contributed by atoms with Crippen LogP contribution >= 0.6 is 0 Å². The Hall–Kier alpha value is -0.410. The minimum Gasteiger partial charge on any atom is -0.375 e. The molecular weight excluding hydrogens is 262 g/mol. The Kier molecular flexibility index (Phi) is 4.42. The smallest absolute Gasteiger partial charge is 0.156 e. The van der Waals surface area contributed by atoms with Crippen LogP contribution < -0.4 is 0 Å². The van der Waals surface area contributed by atoms with E-state index in [2.05, 4.69) is 18.7 Å². The van der Waals surface area contributed by atoms with Gasteiger partial charge in [0.05, 0.1) is 11.1 Å². The summed E-state index contributed by atoms with van der Waals surface area (Å²) in [5.74, 6) is 0.726. The highest BCUT2D eigenvalue weighted by Crippen LogP contribution is 2.44. The fourth-order valence-corrected chi connectivity index (χ4v) is 4.82. The third-order valence-corrected chi connectivity index (χ3v) is 6.40. The molecule has 0 N–H and O–H groups in total. The minimum absolute atomic E-state index is 0.0538. The molecule has 0 aromatic carbocycles. The van der Waals surface area contributed by atoms with Gasteiger partial charge in [-0.1, -0.05) is 19.8 Å². The summed E-state index contributed by atoms with van der Waals surface area (Å²) in [6, 6.07) is 0. The van der Waals surface area contributed by atoms with E-state index in [1.54, 1.807) is 0 Å². The van der Waals surface area contributed by atoms with Crippen molar-refractivity contribution < 1.29 is 9.53 Å². The van der Waals surface area contributed by atoms with E-state index in [4.69, 9.17) is 4.74 Å². The predicted octanol–water partition coefficient (Wildman–Crippen LogP) is 3.56. The fourth-order valence-electron chi connectivity index (χ4n) is 4.82. The maximum atomic E-state index is 13.3. The highest BCUT2D eigenvalue weighted by molar-refractivity contribution is 5.90. The molecule has 2 aliphatic heterocycles. The molecule has 2 saturated heterocycles. The predicted molar refractivity (Wildman–Crippen MR) is 84.4 cm³/mol. The zero-order valence-electron chi connectivity index (χ0n) is 13.8. The standard InChI is InChI=1S/C18H31NO2/c1-3-17(2,19-11-6-7-12-19)16(20)15-8-13-21-18(14-15)9-4-5-10-18/h15H,3-14H2,1-2H3. The Morgan fingerprint density at radius 1 is 1.24 bits per heavy atom.